The van der Waals surface area contributed by atoms with Crippen LogP contribution in [0.1, 0.15) is 23.0 Å². The molecule has 0 saturated heterocycles. The summed E-state index contributed by atoms with van der Waals surface area (Å²) in [6.07, 6.45) is 1.54. The van der Waals surface area contributed by atoms with Gasteiger partial charge in [0.2, 0.25) is 5.91 Å². The maximum absolute atomic E-state index is 12.8. The van der Waals surface area contributed by atoms with E-state index in [1.165, 1.54) is 23.2 Å². The number of rotatable bonds is 6. The monoisotopic (exact) mass is 315 g/mol. The number of carbonyl (C=O) groups is 2. The minimum atomic E-state index is -0.321. The number of carbonyl (C=O) groups excluding carboxylic acids is 2. The Bertz CT molecular complexity index is 659. The van der Waals surface area contributed by atoms with Crippen LogP contribution in [-0.4, -0.2) is 34.8 Å². The SMILES string of the molecule is CCN(CC(=O)NCc1ccc(F)cc1)C(=O)c1ccccn1. The molecule has 2 rings (SSSR count). The molecule has 0 saturated carbocycles. The highest BCUT2D eigenvalue weighted by atomic mass is 19.1. The quantitative estimate of drug-likeness (QED) is 0.887. The van der Waals surface area contributed by atoms with Crippen molar-refractivity contribution >= 4 is 11.8 Å². The van der Waals surface area contributed by atoms with Crippen molar-refractivity contribution < 1.29 is 14.0 Å². The highest BCUT2D eigenvalue weighted by Crippen LogP contribution is 2.03. The lowest BCUT2D eigenvalue weighted by Gasteiger charge is -2.19. The summed E-state index contributed by atoms with van der Waals surface area (Å²) in [7, 11) is 0. The first kappa shape index (κ1) is 16.6. The van der Waals surface area contributed by atoms with Gasteiger partial charge >= 0.3 is 0 Å². The lowest BCUT2D eigenvalue weighted by atomic mass is 10.2. The van der Waals surface area contributed by atoms with Gasteiger partial charge < -0.3 is 10.2 Å². The smallest absolute Gasteiger partial charge is 0.272 e. The Morgan fingerprint density at radius 3 is 2.52 bits per heavy atom. The fourth-order valence-corrected chi connectivity index (χ4v) is 2.01. The molecule has 0 bridgehead atoms. The first-order valence-corrected chi connectivity index (χ1v) is 7.31. The molecule has 23 heavy (non-hydrogen) atoms. The molecule has 6 heteroatoms. The molecule has 0 spiro atoms. The number of pyridine rings is 1. The Balaban J connectivity index is 1.89. The molecule has 0 aliphatic heterocycles. The van der Waals surface area contributed by atoms with Crippen LogP contribution in [-0.2, 0) is 11.3 Å². The largest absolute Gasteiger partial charge is 0.350 e. The molecule has 5 nitrogen and oxygen atoms in total. The van der Waals surface area contributed by atoms with Gasteiger partial charge in [0.25, 0.3) is 5.91 Å². The fraction of sp³-hybridized carbons (Fsp3) is 0.235. The van der Waals surface area contributed by atoms with Crippen LogP contribution in [0.3, 0.4) is 0 Å². The summed E-state index contributed by atoms with van der Waals surface area (Å²) < 4.78 is 12.8. The van der Waals surface area contributed by atoms with E-state index in [9.17, 15) is 14.0 Å². The van der Waals surface area contributed by atoms with E-state index in [1.54, 1.807) is 37.3 Å². The summed E-state index contributed by atoms with van der Waals surface area (Å²) in [6, 6.07) is 10.9. The molecule has 120 valence electrons. The number of aromatic nitrogens is 1. The molecule has 1 N–H and O–H groups in total. The molecule has 0 fully saturated rings. The highest BCUT2D eigenvalue weighted by molar-refractivity contribution is 5.94. The molecular weight excluding hydrogens is 297 g/mol. The van der Waals surface area contributed by atoms with Gasteiger partial charge in [0.15, 0.2) is 0 Å². The Labute approximate surface area is 134 Å². The first-order chi connectivity index (χ1) is 11.1. The molecular formula is C17H18FN3O2. The van der Waals surface area contributed by atoms with E-state index >= 15 is 0 Å². The van der Waals surface area contributed by atoms with Crippen molar-refractivity contribution in [3.05, 3.63) is 65.7 Å². The van der Waals surface area contributed by atoms with E-state index in [2.05, 4.69) is 10.3 Å². The lowest BCUT2D eigenvalue weighted by Crippen LogP contribution is -2.40. The Hall–Kier alpha value is -2.76. The average Bonchev–Trinajstić information content (AvgIpc) is 2.59. The van der Waals surface area contributed by atoms with E-state index in [4.69, 9.17) is 0 Å². The van der Waals surface area contributed by atoms with Crippen LogP contribution in [0.25, 0.3) is 0 Å². The molecule has 2 aromatic rings. The van der Waals surface area contributed by atoms with Crippen LogP contribution in [0.5, 0.6) is 0 Å². The number of nitrogens with one attached hydrogen (secondary N) is 1. The number of amides is 2. The Morgan fingerprint density at radius 2 is 1.91 bits per heavy atom. The maximum Gasteiger partial charge on any atom is 0.272 e. The molecule has 1 aromatic carbocycles. The molecule has 0 radical (unpaired) electrons. The van der Waals surface area contributed by atoms with Crippen LogP contribution in [0.15, 0.2) is 48.7 Å². The second-order valence-corrected chi connectivity index (χ2v) is 4.94. The highest BCUT2D eigenvalue weighted by Gasteiger charge is 2.17. The molecule has 2 amide bonds. The van der Waals surface area contributed by atoms with Gasteiger partial charge in [-0.05, 0) is 36.8 Å². The summed E-state index contributed by atoms with van der Waals surface area (Å²) in [6.45, 7) is 2.44. The average molecular weight is 315 g/mol. The molecule has 1 aromatic heterocycles. The lowest BCUT2D eigenvalue weighted by molar-refractivity contribution is -0.121. The summed E-state index contributed by atoms with van der Waals surface area (Å²) in [4.78, 5) is 29.7. The molecule has 1 heterocycles. The van der Waals surface area contributed by atoms with Crippen molar-refractivity contribution in [1.82, 2.24) is 15.2 Å². The second-order valence-electron chi connectivity index (χ2n) is 4.94. The maximum atomic E-state index is 12.8. The number of hydrogen-bond donors (Lipinski definition) is 1. The predicted molar refractivity (Wildman–Crippen MR) is 84.1 cm³/mol. The molecule has 0 atom stereocenters. The van der Waals surface area contributed by atoms with Gasteiger partial charge in [-0.15, -0.1) is 0 Å². The minimum absolute atomic E-state index is 0.0485. The van der Waals surface area contributed by atoms with Crippen LogP contribution in [0.4, 0.5) is 4.39 Å². The normalized spacial score (nSPS) is 10.2. The van der Waals surface area contributed by atoms with Gasteiger partial charge in [-0.2, -0.15) is 0 Å². The van der Waals surface area contributed by atoms with Crippen LogP contribution < -0.4 is 5.32 Å². The van der Waals surface area contributed by atoms with E-state index in [0.29, 0.717) is 12.2 Å². The van der Waals surface area contributed by atoms with E-state index in [0.717, 1.165) is 5.56 Å². The Morgan fingerprint density at radius 1 is 1.17 bits per heavy atom. The van der Waals surface area contributed by atoms with Gasteiger partial charge in [0.05, 0.1) is 6.54 Å². The van der Waals surface area contributed by atoms with Crippen molar-refractivity contribution in [2.45, 2.75) is 13.5 Å². The fourth-order valence-electron chi connectivity index (χ4n) is 2.01. The third-order valence-corrected chi connectivity index (χ3v) is 3.29. The van der Waals surface area contributed by atoms with E-state index < -0.39 is 0 Å². The molecule has 0 aliphatic rings. The standard InChI is InChI=1S/C17H18FN3O2/c1-2-21(17(23)15-5-3-4-10-19-15)12-16(22)20-11-13-6-8-14(18)9-7-13/h3-10H,2,11-12H2,1H3,(H,20,22). The molecule has 0 aliphatic carbocycles. The topological polar surface area (TPSA) is 62.3 Å². The van der Waals surface area contributed by atoms with Crippen LogP contribution >= 0.6 is 0 Å². The third-order valence-electron chi connectivity index (χ3n) is 3.29. The summed E-state index contributed by atoms with van der Waals surface area (Å²) in [5.74, 6) is -0.885. The minimum Gasteiger partial charge on any atom is -0.350 e. The van der Waals surface area contributed by atoms with Crippen molar-refractivity contribution in [3.63, 3.8) is 0 Å². The van der Waals surface area contributed by atoms with E-state index in [-0.39, 0.29) is 30.7 Å². The number of benzene rings is 1. The summed E-state index contributed by atoms with van der Waals surface area (Å²) in [5, 5.41) is 2.71. The van der Waals surface area contributed by atoms with Gasteiger partial charge in [0.1, 0.15) is 11.5 Å². The van der Waals surface area contributed by atoms with Crippen molar-refractivity contribution in [3.8, 4) is 0 Å². The van der Waals surface area contributed by atoms with Crippen molar-refractivity contribution in [2.75, 3.05) is 13.1 Å². The van der Waals surface area contributed by atoms with E-state index in [1.807, 2.05) is 0 Å². The zero-order valence-corrected chi connectivity index (χ0v) is 12.8. The zero-order chi connectivity index (χ0) is 16.7. The number of nitrogens with zero attached hydrogens (tertiary/aromatic N) is 2. The Kier molecular flexibility index (Phi) is 5.80. The third kappa shape index (κ3) is 4.88. The molecule has 0 unspecified atom stereocenters. The van der Waals surface area contributed by atoms with Crippen LogP contribution in [0, 0.1) is 5.82 Å². The van der Waals surface area contributed by atoms with Crippen molar-refractivity contribution in [2.24, 2.45) is 0 Å². The second kappa shape index (κ2) is 8.03. The first-order valence-electron chi connectivity index (χ1n) is 7.31. The summed E-state index contributed by atoms with van der Waals surface area (Å²) in [5.41, 5.74) is 1.10. The van der Waals surface area contributed by atoms with Gasteiger partial charge in [-0.3, -0.25) is 14.6 Å². The zero-order valence-electron chi connectivity index (χ0n) is 12.8. The van der Waals surface area contributed by atoms with Gasteiger partial charge in [0, 0.05) is 19.3 Å². The number of likely N-dealkylation sites (N-methyl/N-ethyl adjacent to an activating group) is 1. The van der Waals surface area contributed by atoms with Crippen molar-refractivity contribution in [1.29, 1.82) is 0 Å². The number of hydrogen-bond acceptors (Lipinski definition) is 3. The number of halogens is 1. The van der Waals surface area contributed by atoms with Gasteiger partial charge in [-0.25, -0.2) is 4.39 Å². The van der Waals surface area contributed by atoms with Crippen LogP contribution in [0.2, 0.25) is 0 Å². The van der Waals surface area contributed by atoms with Gasteiger partial charge in [-0.1, -0.05) is 18.2 Å². The summed E-state index contributed by atoms with van der Waals surface area (Å²) >= 11 is 0. The predicted octanol–water partition coefficient (Wildman–Crippen LogP) is 2.00.